The predicted molar refractivity (Wildman–Crippen MR) is 109 cm³/mol. The monoisotopic (exact) mass is 406 g/mol. The third kappa shape index (κ3) is 3.67. The van der Waals surface area contributed by atoms with Crippen LogP contribution in [0.2, 0.25) is 0 Å². The van der Waals surface area contributed by atoms with Crippen molar-refractivity contribution in [2.24, 2.45) is 7.05 Å². The summed E-state index contributed by atoms with van der Waals surface area (Å²) in [5, 5.41) is 24.0. The van der Waals surface area contributed by atoms with E-state index in [-0.39, 0.29) is 18.2 Å². The van der Waals surface area contributed by atoms with Gasteiger partial charge in [-0.15, -0.1) is 5.10 Å². The first-order valence-electron chi connectivity index (χ1n) is 9.51. The number of aliphatic hydroxyl groups is 1. The molecule has 0 bridgehead atoms. The van der Waals surface area contributed by atoms with Gasteiger partial charge in [0.05, 0.1) is 31.0 Å². The molecule has 0 amide bonds. The summed E-state index contributed by atoms with van der Waals surface area (Å²) >= 11 is 0. The summed E-state index contributed by atoms with van der Waals surface area (Å²) in [5.74, 6) is -0.553. The number of pyridine rings is 1. The van der Waals surface area contributed by atoms with Crippen molar-refractivity contribution >= 4 is 16.9 Å². The van der Waals surface area contributed by atoms with Gasteiger partial charge in [0.15, 0.2) is 5.69 Å². The molecule has 3 aromatic heterocycles. The molecule has 0 radical (unpaired) electrons. The highest BCUT2D eigenvalue weighted by Gasteiger charge is 2.27. The van der Waals surface area contributed by atoms with Crippen LogP contribution in [0.15, 0.2) is 48.9 Å². The van der Waals surface area contributed by atoms with E-state index in [4.69, 9.17) is 4.74 Å². The standard InChI is InChI=1S/C21H22N6O3/c1-13(14-6-7-17-15(9-14)5-4-8-22-17)27-20(21(29)30-3)18(24-25-27)10-19(28)16-11-23-26(2)12-16/h4-9,11-13,19,28H,10H2,1-3H3. The second-order valence-corrected chi connectivity index (χ2v) is 7.12. The minimum atomic E-state index is -0.866. The molecule has 0 saturated heterocycles. The Labute approximate surface area is 172 Å². The minimum Gasteiger partial charge on any atom is -0.464 e. The van der Waals surface area contributed by atoms with E-state index in [1.807, 2.05) is 37.3 Å². The van der Waals surface area contributed by atoms with Gasteiger partial charge in [-0.05, 0) is 30.7 Å². The van der Waals surface area contributed by atoms with Crippen molar-refractivity contribution in [1.82, 2.24) is 29.8 Å². The van der Waals surface area contributed by atoms with Crippen molar-refractivity contribution in [2.45, 2.75) is 25.5 Å². The summed E-state index contributed by atoms with van der Waals surface area (Å²) in [6, 6.07) is 9.48. The molecule has 0 spiro atoms. The first-order valence-corrected chi connectivity index (χ1v) is 9.51. The topological polar surface area (TPSA) is 108 Å². The zero-order chi connectivity index (χ0) is 21.3. The zero-order valence-corrected chi connectivity index (χ0v) is 16.9. The molecule has 2 atom stereocenters. The van der Waals surface area contributed by atoms with Gasteiger partial charge in [0.25, 0.3) is 0 Å². The second-order valence-electron chi connectivity index (χ2n) is 7.12. The van der Waals surface area contributed by atoms with Crippen LogP contribution >= 0.6 is 0 Å². The maximum atomic E-state index is 12.6. The fourth-order valence-corrected chi connectivity index (χ4v) is 3.45. The van der Waals surface area contributed by atoms with Gasteiger partial charge in [-0.25, -0.2) is 9.48 Å². The number of carbonyl (C=O) groups is 1. The van der Waals surface area contributed by atoms with Crippen molar-refractivity contribution in [2.75, 3.05) is 7.11 Å². The SMILES string of the molecule is COC(=O)c1c(CC(O)c2cnn(C)c2)nnn1C(C)c1ccc2ncccc2c1. The third-order valence-electron chi connectivity index (χ3n) is 5.12. The number of ether oxygens (including phenoxy) is 1. The number of hydrogen-bond acceptors (Lipinski definition) is 7. The largest absolute Gasteiger partial charge is 0.464 e. The van der Waals surface area contributed by atoms with Crippen LogP contribution in [-0.4, -0.2) is 47.9 Å². The van der Waals surface area contributed by atoms with Crippen LogP contribution in [0.1, 0.15) is 46.4 Å². The molecule has 9 nitrogen and oxygen atoms in total. The number of carbonyl (C=O) groups excluding carboxylic acids is 1. The van der Waals surface area contributed by atoms with Crippen molar-refractivity contribution in [3.63, 3.8) is 0 Å². The van der Waals surface area contributed by atoms with E-state index >= 15 is 0 Å². The number of fused-ring (bicyclic) bond motifs is 1. The Balaban J connectivity index is 1.69. The number of hydrogen-bond donors (Lipinski definition) is 1. The lowest BCUT2D eigenvalue weighted by molar-refractivity contribution is 0.0583. The molecule has 0 saturated carbocycles. The van der Waals surface area contributed by atoms with Gasteiger partial charge < -0.3 is 9.84 Å². The van der Waals surface area contributed by atoms with Crippen LogP contribution < -0.4 is 0 Å². The summed E-state index contributed by atoms with van der Waals surface area (Å²) in [6.45, 7) is 1.93. The molecular formula is C21H22N6O3. The van der Waals surface area contributed by atoms with Gasteiger partial charge in [-0.1, -0.05) is 17.3 Å². The molecule has 154 valence electrons. The highest BCUT2D eigenvalue weighted by atomic mass is 16.5. The fraction of sp³-hybridized carbons (Fsp3) is 0.286. The highest BCUT2D eigenvalue weighted by molar-refractivity contribution is 5.88. The third-order valence-corrected chi connectivity index (χ3v) is 5.12. The van der Waals surface area contributed by atoms with E-state index < -0.39 is 12.1 Å². The van der Waals surface area contributed by atoms with Crippen molar-refractivity contribution in [3.8, 4) is 0 Å². The van der Waals surface area contributed by atoms with Crippen LogP contribution in [0, 0.1) is 0 Å². The van der Waals surface area contributed by atoms with E-state index in [9.17, 15) is 9.90 Å². The van der Waals surface area contributed by atoms with Crippen LogP contribution in [-0.2, 0) is 18.2 Å². The molecule has 1 N–H and O–H groups in total. The molecule has 4 aromatic rings. The number of nitrogens with zero attached hydrogens (tertiary/aromatic N) is 6. The number of aryl methyl sites for hydroxylation is 1. The van der Waals surface area contributed by atoms with Gasteiger partial charge in [0.1, 0.15) is 5.69 Å². The summed E-state index contributed by atoms with van der Waals surface area (Å²) in [7, 11) is 3.08. The lowest BCUT2D eigenvalue weighted by Gasteiger charge is -2.16. The van der Waals surface area contributed by atoms with Crippen molar-refractivity contribution in [1.29, 1.82) is 0 Å². The van der Waals surface area contributed by atoms with Gasteiger partial charge in [-0.3, -0.25) is 9.67 Å². The number of esters is 1. The van der Waals surface area contributed by atoms with E-state index in [0.717, 1.165) is 16.5 Å². The van der Waals surface area contributed by atoms with Crippen molar-refractivity contribution < 1.29 is 14.6 Å². The maximum Gasteiger partial charge on any atom is 0.358 e. The molecule has 3 heterocycles. The average molecular weight is 406 g/mol. The summed E-state index contributed by atoms with van der Waals surface area (Å²) in [4.78, 5) is 16.9. The number of methoxy groups -OCH3 is 1. The summed E-state index contributed by atoms with van der Waals surface area (Å²) < 4.78 is 8.12. The molecule has 9 heteroatoms. The van der Waals surface area contributed by atoms with E-state index in [1.54, 1.807) is 30.3 Å². The van der Waals surface area contributed by atoms with E-state index in [1.165, 1.54) is 11.8 Å². The Hall–Kier alpha value is -3.59. The average Bonchev–Trinajstić information content (AvgIpc) is 3.38. The fourth-order valence-electron chi connectivity index (χ4n) is 3.45. The van der Waals surface area contributed by atoms with E-state index in [0.29, 0.717) is 11.3 Å². The number of aliphatic hydroxyl groups excluding tert-OH is 1. The molecule has 0 aliphatic carbocycles. The molecule has 0 aliphatic rings. The molecule has 30 heavy (non-hydrogen) atoms. The van der Waals surface area contributed by atoms with Crippen molar-refractivity contribution in [3.05, 3.63) is 71.4 Å². The molecule has 0 aliphatic heterocycles. The first-order chi connectivity index (χ1) is 14.5. The van der Waals surface area contributed by atoms with Crippen LogP contribution in [0.25, 0.3) is 10.9 Å². The smallest absolute Gasteiger partial charge is 0.358 e. The maximum absolute atomic E-state index is 12.6. The van der Waals surface area contributed by atoms with Crippen LogP contribution in [0.3, 0.4) is 0 Å². The quantitative estimate of drug-likeness (QED) is 0.489. The number of benzene rings is 1. The number of aromatic nitrogens is 6. The normalized spacial score (nSPS) is 13.3. The Morgan fingerprint density at radius 2 is 2.10 bits per heavy atom. The minimum absolute atomic E-state index is 0.116. The lowest BCUT2D eigenvalue weighted by atomic mass is 10.0. The van der Waals surface area contributed by atoms with E-state index in [2.05, 4.69) is 20.4 Å². The first kappa shape index (κ1) is 19.7. The van der Waals surface area contributed by atoms with Gasteiger partial charge in [-0.2, -0.15) is 5.10 Å². The summed E-state index contributed by atoms with van der Waals surface area (Å²) in [5.41, 5.74) is 3.06. The molecule has 2 unspecified atom stereocenters. The zero-order valence-electron chi connectivity index (χ0n) is 16.9. The number of rotatable bonds is 6. The van der Waals surface area contributed by atoms with Crippen LogP contribution in [0.4, 0.5) is 0 Å². The Morgan fingerprint density at radius 3 is 2.83 bits per heavy atom. The summed E-state index contributed by atoms with van der Waals surface area (Å²) in [6.07, 6.45) is 4.30. The van der Waals surface area contributed by atoms with Gasteiger partial charge in [0.2, 0.25) is 0 Å². The molecule has 0 fully saturated rings. The predicted octanol–water partition coefficient (Wildman–Crippen LogP) is 2.23. The molecular weight excluding hydrogens is 384 g/mol. The van der Waals surface area contributed by atoms with Gasteiger partial charge >= 0.3 is 5.97 Å². The Bertz CT molecular complexity index is 1200. The van der Waals surface area contributed by atoms with Gasteiger partial charge in [0, 0.05) is 36.8 Å². The lowest BCUT2D eigenvalue weighted by Crippen LogP contribution is -2.18. The highest BCUT2D eigenvalue weighted by Crippen LogP contribution is 2.26. The molecule has 1 aromatic carbocycles. The molecule has 4 rings (SSSR count). The second kappa shape index (κ2) is 8.03. The van der Waals surface area contributed by atoms with Crippen LogP contribution in [0.5, 0.6) is 0 Å². The Kier molecular flexibility index (Phi) is 5.28. The Morgan fingerprint density at radius 1 is 1.27 bits per heavy atom.